The molecule has 1 unspecified atom stereocenters. The van der Waals surface area contributed by atoms with Crippen LogP contribution in [-0.4, -0.2) is 45.0 Å². The van der Waals surface area contributed by atoms with Gasteiger partial charge in [-0.3, -0.25) is 10.1 Å². The number of fused-ring (bicyclic) bond motifs is 1. The van der Waals surface area contributed by atoms with Crippen LogP contribution < -0.4 is 10.1 Å². The van der Waals surface area contributed by atoms with Gasteiger partial charge in [0.15, 0.2) is 6.61 Å². The highest BCUT2D eigenvalue weighted by atomic mass is 19.3. The third-order valence-corrected chi connectivity index (χ3v) is 4.45. The van der Waals surface area contributed by atoms with Gasteiger partial charge in [-0.15, -0.1) is 0 Å². The molecule has 3 heterocycles. The zero-order chi connectivity index (χ0) is 20.4. The Balaban J connectivity index is 1.81. The van der Waals surface area contributed by atoms with E-state index in [-0.39, 0.29) is 30.2 Å². The summed E-state index contributed by atoms with van der Waals surface area (Å²) in [5, 5.41) is 11.1. The van der Waals surface area contributed by atoms with E-state index in [1.807, 2.05) is 0 Å². The molecule has 1 aliphatic heterocycles. The van der Waals surface area contributed by atoms with Crippen molar-refractivity contribution in [3.8, 4) is 5.88 Å². The second kappa shape index (κ2) is 7.75. The van der Waals surface area contributed by atoms with Crippen molar-refractivity contribution >= 4 is 17.8 Å². The van der Waals surface area contributed by atoms with Gasteiger partial charge in [-0.05, 0) is 31.5 Å². The molecule has 2 amide bonds. The minimum Gasteiger partial charge on any atom is -0.471 e. The van der Waals surface area contributed by atoms with Crippen LogP contribution in [0.3, 0.4) is 0 Å². The highest BCUT2D eigenvalue weighted by molar-refractivity contribution is 6.00. The molecule has 8 nitrogen and oxygen atoms in total. The Morgan fingerprint density at radius 1 is 1.43 bits per heavy atom. The summed E-state index contributed by atoms with van der Waals surface area (Å²) in [5.74, 6) is -0.0171. The van der Waals surface area contributed by atoms with Crippen molar-refractivity contribution < 1.29 is 28.2 Å². The zero-order valence-electron chi connectivity index (χ0n) is 15.1. The van der Waals surface area contributed by atoms with Crippen molar-refractivity contribution in [3.63, 3.8) is 0 Å². The predicted molar refractivity (Wildman–Crippen MR) is 94.6 cm³/mol. The predicted octanol–water partition coefficient (Wildman–Crippen LogP) is 3.24. The minimum absolute atomic E-state index is 0.115. The maximum Gasteiger partial charge on any atom is 0.410 e. The quantitative estimate of drug-likeness (QED) is 0.782. The Kier molecular flexibility index (Phi) is 5.39. The number of hydrogen-bond donors (Lipinski definition) is 2. The largest absolute Gasteiger partial charge is 0.471 e. The summed E-state index contributed by atoms with van der Waals surface area (Å²) in [6, 6.07) is 2.89. The van der Waals surface area contributed by atoms with Crippen LogP contribution in [0.1, 0.15) is 40.0 Å². The molecule has 0 fully saturated rings. The van der Waals surface area contributed by atoms with Gasteiger partial charge in [0.2, 0.25) is 5.88 Å². The van der Waals surface area contributed by atoms with Crippen molar-refractivity contribution in [3.05, 3.63) is 46.8 Å². The first-order valence-corrected chi connectivity index (χ1v) is 8.44. The van der Waals surface area contributed by atoms with Crippen molar-refractivity contribution in [2.45, 2.75) is 32.9 Å². The first-order valence-electron chi connectivity index (χ1n) is 8.44. The molecule has 0 saturated heterocycles. The van der Waals surface area contributed by atoms with Crippen LogP contribution in [0.2, 0.25) is 0 Å². The van der Waals surface area contributed by atoms with Crippen LogP contribution in [0.15, 0.2) is 24.5 Å². The van der Waals surface area contributed by atoms with Crippen molar-refractivity contribution in [2.75, 3.05) is 11.9 Å². The van der Waals surface area contributed by atoms with E-state index in [1.165, 1.54) is 12.4 Å². The van der Waals surface area contributed by atoms with E-state index in [2.05, 4.69) is 15.3 Å². The number of anilines is 1. The number of alkyl halides is 2. The number of aryl methyl sites for hydroxylation is 1. The van der Waals surface area contributed by atoms with E-state index in [4.69, 9.17) is 9.84 Å². The second-order valence-electron chi connectivity index (χ2n) is 6.32. The molecule has 10 heteroatoms. The van der Waals surface area contributed by atoms with Gasteiger partial charge in [-0.25, -0.2) is 23.5 Å². The standard InChI is InChI=1S/C18H18F2N4O4/c1-9-5-11(6-22-16(9)28-8-14(19)20)10(2)24-7-13-12(17(24)25)3-4-21-15(13)23-18(26)27/h3-6,10,14H,7-8H2,1-2H3,(H,21,23)(H,26,27). The summed E-state index contributed by atoms with van der Waals surface area (Å²) in [5.41, 5.74) is 2.16. The molecule has 2 N–H and O–H groups in total. The highest BCUT2D eigenvalue weighted by Crippen LogP contribution is 2.34. The van der Waals surface area contributed by atoms with E-state index in [9.17, 15) is 18.4 Å². The summed E-state index contributed by atoms with van der Waals surface area (Å²) < 4.78 is 29.6. The van der Waals surface area contributed by atoms with E-state index in [0.29, 0.717) is 22.3 Å². The van der Waals surface area contributed by atoms with Gasteiger partial charge in [0.05, 0.1) is 12.6 Å². The summed E-state index contributed by atoms with van der Waals surface area (Å²) >= 11 is 0. The molecule has 2 aromatic rings. The molecule has 0 saturated carbocycles. The maximum absolute atomic E-state index is 12.8. The molecule has 0 spiro atoms. The van der Waals surface area contributed by atoms with Crippen LogP contribution in [0.25, 0.3) is 0 Å². The van der Waals surface area contributed by atoms with Crippen LogP contribution in [0.5, 0.6) is 5.88 Å². The van der Waals surface area contributed by atoms with Gasteiger partial charge in [0, 0.05) is 29.1 Å². The molecule has 0 radical (unpaired) electrons. The fraction of sp³-hybridized carbons (Fsp3) is 0.333. The summed E-state index contributed by atoms with van der Waals surface area (Å²) in [7, 11) is 0. The van der Waals surface area contributed by atoms with Crippen LogP contribution >= 0.6 is 0 Å². The first-order chi connectivity index (χ1) is 13.3. The molecule has 28 heavy (non-hydrogen) atoms. The summed E-state index contributed by atoms with van der Waals surface area (Å²) in [4.78, 5) is 33.3. The topological polar surface area (TPSA) is 105 Å². The number of carbonyl (C=O) groups excluding carboxylic acids is 1. The molecule has 0 bridgehead atoms. The fourth-order valence-corrected chi connectivity index (χ4v) is 3.06. The van der Waals surface area contributed by atoms with Gasteiger partial charge in [-0.2, -0.15) is 0 Å². The molecule has 3 rings (SSSR count). The fourth-order valence-electron chi connectivity index (χ4n) is 3.06. The lowest BCUT2D eigenvalue weighted by Crippen LogP contribution is -2.27. The number of rotatable bonds is 6. The molecular weight excluding hydrogens is 374 g/mol. The van der Waals surface area contributed by atoms with Gasteiger partial charge in [0.25, 0.3) is 12.3 Å². The molecule has 0 aromatic carbocycles. The smallest absolute Gasteiger partial charge is 0.410 e. The molecule has 2 aromatic heterocycles. The Morgan fingerprint density at radius 3 is 2.82 bits per heavy atom. The van der Waals surface area contributed by atoms with Crippen molar-refractivity contribution in [2.24, 2.45) is 0 Å². The number of nitrogens with zero attached hydrogens (tertiary/aromatic N) is 3. The molecule has 1 atom stereocenters. The lowest BCUT2D eigenvalue weighted by atomic mass is 10.1. The van der Waals surface area contributed by atoms with E-state index in [0.717, 1.165) is 0 Å². The molecule has 148 valence electrons. The zero-order valence-corrected chi connectivity index (χ0v) is 15.1. The van der Waals surface area contributed by atoms with Crippen molar-refractivity contribution in [1.29, 1.82) is 0 Å². The molecule has 0 aliphatic carbocycles. The summed E-state index contributed by atoms with van der Waals surface area (Å²) in [6.45, 7) is 2.93. The minimum atomic E-state index is -2.59. The lowest BCUT2D eigenvalue weighted by Gasteiger charge is -2.25. The van der Waals surface area contributed by atoms with Gasteiger partial charge in [-0.1, -0.05) is 0 Å². The summed E-state index contributed by atoms with van der Waals surface area (Å²) in [6.07, 6.45) is -1.01. The Hall–Kier alpha value is -3.30. The maximum atomic E-state index is 12.8. The Labute approximate surface area is 159 Å². The molecular formula is C18H18F2N4O4. The first kappa shape index (κ1) is 19.5. The Bertz CT molecular complexity index is 922. The Morgan fingerprint density at radius 2 is 2.18 bits per heavy atom. The number of aromatic nitrogens is 2. The molecule has 1 aliphatic rings. The third-order valence-electron chi connectivity index (χ3n) is 4.45. The second-order valence-corrected chi connectivity index (χ2v) is 6.32. The number of pyridine rings is 2. The van der Waals surface area contributed by atoms with E-state index < -0.39 is 19.1 Å². The average Bonchev–Trinajstić information content (AvgIpc) is 2.97. The number of hydrogen-bond acceptors (Lipinski definition) is 5. The number of carboxylic acid groups (broad SMARTS) is 1. The van der Waals surface area contributed by atoms with Gasteiger partial charge in [0.1, 0.15) is 5.82 Å². The van der Waals surface area contributed by atoms with Gasteiger partial charge >= 0.3 is 6.09 Å². The van der Waals surface area contributed by atoms with Crippen LogP contribution in [0, 0.1) is 6.92 Å². The van der Waals surface area contributed by atoms with Crippen molar-refractivity contribution in [1.82, 2.24) is 14.9 Å². The number of ether oxygens (including phenoxy) is 1. The van der Waals surface area contributed by atoms with Crippen LogP contribution in [-0.2, 0) is 6.54 Å². The average molecular weight is 392 g/mol. The van der Waals surface area contributed by atoms with E-state index in [1.54, 1.807) is 30.9 Å². The number of halogens is 2. The number of amides is 2. The number of nitrogens with one attached hydrogen (secondary N) is 1. The number of carbonyl (C=O) groups is 2. The highest BCUT2D eigenvalue weighted by Gasteiger charge is 2.34. The third kappa shape index (κ3) is 3.85. The van der Waals surface area contributed by atoms with Crippen LogP contribution in [0.4, 0.5) is 19.4 Å². The lowest BCUT2D eigenvalue weighted by molar-refractivity contribution is 0.0713. The monoisotopic (exact) mass is 392 g/mol. The van der Waals surface area contributed by atoms with Gasteiger partial charge < -0.3 is 14.7 Å². The SMILES string of the molecule is Cc1cc(C(C)N2Cc3c(ccnc3NC(=O)O)C2=O)cnc1OCC(F)F. The normalized spacial score (nSPS) is 14.2. The van der Waals surface area contributed by atoms with E-state index >= 15 is 0 Å².